The van der Waals surface area contributed by atoms with Crippen LogP contribution in [0.4, 0.5) is 0 Å². The second-order valence-electron chi connectivity index (χ2n) is 30.5. The van der Waals surface area contributed by atoms with Gasteiger partial charge >= 0.3 is 11.9 Å². The third-order valence-electron chi connectivity index (χ3n) is 22.6. The molecule has 0 aliphatic carbocycles. The van der Waals surface area contributed by atoms with E-state index >= 15 is 0 Å². The number of carbonyl (C=O) groups is 2. The van der Waals surface area contributed by atoms with Crippen molar-refractivity contribution in [2.45, 2.75) is 333 Å². The third-order valence-corrected chi connectivity index (χ3v) is 22.6. The minimum Gasteiger partial charge on any atom is -0.458 e. The molecule has 30 atom stereocenters. The van der Waals surface area contributed by atoms with Gasteiger partial charge in [0.15, 0.2) is 0 Å². The van der Waals surface area contributed by atoms with Crippen LogP contribution in [0.1, 0.15) is 199 Å². The molecule has 0 aromatic rings. The molecular weight excluding hydrogens is 1270 g/mol. The summed E-state index contributed by atoms with van der Waals surface area (Å²) in [5.41, 5.74) is 1.48. The summed E-state index contributed by atoms with van der Waals surface area (Å²) in [5, 5.41) is 83.3. The van der Waals surface area contributed by atoms with Gasteiger partial charge in [0.2, 0.25) is 0 Å². The minimum atomic E-state index is -1.15. The number of aliphatic hydroxyl groups excluding tert-OH is 7. The lowest BCUT2D eigenvalue weighted by atomic mass is 9.78. The molecule has 0 aromatic heterocycles. The lowest BCUT2D eigenvalue weighted by molar-refractivity contribution is -0.158. The van der Waals surface area contributed by atoms with E-state index in [0.717, 1.165) is 31.3 Å². The highest BCUT2D eigenvalue weighted by Gasteiger charge is 2.42. The molecule has 0 unspecified atom stereocenters. The average Bonchev–Trinajstić information content (AvgIpc) is 0.848. The quantitative estimate of drug-likeness (QED) is 0.0526. The minimum absolute atomic E-state index is 0.0219. The Balaban J connectivity index is 1.38. The van der Waals surface area contributed by atoms with Crippen LogP contribution < -0.4 is 0 Å². The van der Waals surface area contributed by atoms with E-state index in [1.807, 2.05) is 99.6 Å². The van der Waals surface area contributed by atoms with Crippen LogP contribution in [0, 0.1) is 47.3 Å². The van der Waals surface area contributed by atoms with Gasteiger partial charge in [0.25, 0.3) is 0 Å². The Morgan fingerprint density at radius 3 is 1.22 bits per heavy atom. The van der Waals surface area contributed by atoms with Crippen LogP contribution in [-0.4, -0.2) is 218 Å². The zero-order valence-corrected chi connectivity index (χ0v) is 63.3. The molecule has 5 heterocycles. The van der Waals surface area contributed by atoms with E-state index in [0.29, 0.717) is 69.8 Å². The molecule has 2 saturated heterocycles. The molecule has 0 saturated carbocycles. The molecule has 0 spiro atoms. The fraction of sp³-hybridized carbons (Fsp3) is 0.823. The number of aliphatic hydroxyl groups is 7. The first-order valence-electron chi connectivity index (χ1n) is 37.4. The Kier molecular flexibility index (Phi) is 38.3. The van der Waals surface area contributed by atoms with Crippen molar-refractivity contribution in [1.29, 1.82) is 0 Å². The van der Waals surface area contributed by atoms with Gasteiger partial charge < -0.3 is 87.9 Å². The lowest BCUT2D eigenvalue weighted by Gasteiger charge is -2.38. The number of fused-ring (bicyclic) bond motifs is 4. The molecule has 4 bridgehead atoms. The highest BCUT2D eigenvalue weighted by molar-refractivity contribution is 5.83. The third kappa shape index (κ3) is 28.6. The van der Waals surface area contributed by atoms with Crippen molar-refractivity contribution >= 4 is 11.9 Å². The fourth-order valence-corrected chi connectivity index (χ4v) is 15.5. The standard InChI is InChI=1S/C79H134O20/c1-46-24-30-58(80)38-60-20-18-22-62(96-60)42-72(92-16)52(7)68(81)44-70(83)55(10)79(57(12)77(88)49(4)29-33-65-41-67(91-15)37-51(6)95-65)99-75(86)35-27-47(2)25-31-59(89-13)39-61-21-19-23-63(97-61)43-73(93-17)53(8)69(82)45-71(84)54(9)78(98-74(85)34-26-46)56(11)76(87)48(3)28-32-64-40-66(90-14)36-50(5)94-64/h18-21,24-27,34-35,48-73,76-84,87-88H,22-23,28-33,36-45H2,1-17H3/b34-26-,35-27-,46-24-,47-25-/t48-,49-,50-,51-,52+,53+,54-,55-,56-,57-,58-,59-,60-,61-,62-,63-,64-,65-,66+,67+,68+,69+,70-,71-,72-,73-,76+,77+,78-,79-/m0/s1. The summed E-state index contributed by atoms with van der Waals surface area (Å²) in [7, 11) is 8.28. The van der Waals surface area contributed by atoms with Gasteiger partial charge in [0.05, 0.1) is 122 Å². The van der Waals surface area contributed by atoms with E-state index in [1.54, 1.807) is 61.5 Å². The first-order valence-corrected chi connectivity index (χ1v) is 37.4. The van der Waals surface area contributed by atoms with Gasteiger partial charge in [-0.3, -0.25) is 0 Å². The smallest absolute Gasteiger partial charge is 0.331 e. The molecule has 5 aliphatic heterocycles. The molecule has 2 fully saturated rings. The maximum Gasteiger partial charge on any atom is 0.331 e. The number of carbonyl (C=O) groups excluding carboxylic acids is 2. The van der Waals surface area contributed by atoms with Crippen LogP contribution in [0.2, 0.25) is 0 Å². The van der Waals surface area contributed by atoms with E-state index in [4.69, 9.17) is 52.1 Å². The summed E-state index contributed by atoms with van der Waals surface area (Å²) in [5.74, 6) is -5.35. The van der Waals surface area contributed by atoms with Gasteiger partial charge in [-0.05, 0) is 129 Å². The van der Waals surface area contributed by atoms with Crippen molar-refractivity contribution < 1.29 is 97.4 Å². The van der Waals surface area contributed by atoms with Crippen molar-refractivity contribution in [2.75, 3.05) is 35.5 Å². The maximum atomic E-state index is 14.0. The molecular formula is C79H134O20. The van der Waals surface area contributed by atoms with Gasteiger partial charge in [0, 0.05) is 109 Å². The van der Waals surface area contributed by atoms with Gasteiger partial charge in [0.1, 0.15) is 12.2 Å². The predicted octanol–water partition coefficient (Wildman–Crippen LogP) is 10.8. The second kappa shape index (κ2) is 43.9. The molecule has 20 heteroatoms. The molecule has 0 radical (unpaired) electrons. The maximum absolute atomic E-state index is 14.0. The normalized spacial score (nSPS) is 40.8. The Morgan fingerprint density at radius 1 is 0.444 bits per heavy atom. The molecule has 0 amide bonds. The predicted molar refractivity (Wildman–Crippen MR) is 382 cm³/mol. The summed E-state index contributed by atoms with van der Waals surface area (Å²) in [6, 6.07) is 0. The Labute approximate surface area is 594 Å². The van der Waals surface area contributed by atoms with Crippen LogP contribution in [0.3, 0.4) is 0 Å². The summed E-state index contributed by atoms with van der Waals surface area (Å²) in [6.07, 6.45) is 16.2. The summed E-state index contributed by atoms with van der Waals surface area (Å²) in [6.45, 7) is 22.7. The van der Waals surface area contributed by atoms with Crippen LogP contribution in [0.15, 0.2) is 71.9 Å². The number of rotatable bonds is 17. The van der Waals surface area contributed by atoms with Crippen molar-refractivity contribution in [3.63, 3.8) is 0 Å². The molecule has 20 nitrogen and oxygen atoms in total. The molecule has 5 aliphatic rings. The number of ether oxygens (including phenoxy) is 11. The van der Waals surface area contributed by atoms with Gasteiger partial charge in [-0.1, -0.05) is 115 Å². The van der Waals surface area contributed by atoms with E-state index in [-0.39, 0.29) is 98.6 Å². The van der Waals surface area contributed by atoms with Crippen molar-refractivity contribution in [1.82, 2.24) is 0 Å². The highest BCUT2D eigenvalue weighted by Crippen LogP contribution is 2.37. The van der Waals surface area contributed by atoms with E-state index in [2.05, 4.69) is 6.08 Å². The van der Waals surface area contributed by atoms with Gasteiger partial charge in [-0.15, -0.1) is 0 Å². The van der Waals surface area contributed by atoms with Crippen LogP contribution >= 0.6 is 0 Å². The fourth-order valence-electron chi connectivity index (χ4n) is 15.5. The topological polar surface area (TPSA) is 277 Å². The van der Waals surface area contributed by atoms with Crippen molar-refractivity contribution in [3.8, 4) is 0 Å². The van der Waals surface area contributed by atoms with Gasteiger partial charge in [-0.2, -0.15) is 0 Å². The van der Waals surface area contributed by atoms with Crippen molar-refractivity contribution in [2.24, 2.45) is 47.3 Å². The van der Waals surface area contributed by atoms with E-state index in [9.17, 15) is 45.3 Å². The number of cyclic esters (lactones) is 2. The zero-order valence-electron chi connectivity index (χ0n) is 63.3. The number of methoxy groups -OCH3 is 5. The highest BCUT2D eigenvalue weighted by atomic mass is 16.6. The Hall–Kier alpha value is -3.26. The van der Waals surface area contributed by atoms with Crippen LogP contribution in [-0.2, 0) is 61.7 Å². The molecule has 99 heavy (non-hydrogen) atoms. The van der Waals surface area contributed by atoms with E-state index < -0.39 is 121 Å². The van der Waals surface area contributed by atoms with Gasteiger partial charge in [-0.25, -0.2) is 9.59 Å². The second-order valence-corrected chi connectivity index (χ2v) is 30.5. The van der Waals surface area contributed by atoms with Crippen molar-refractivity contribution in [3.05, 3.63) is 71.9 Å². The summed E-state index contributed by atoms with van der Waals surface area (Å²) < 4.78 is 67.6. The molecule has 5 rings (SSSR count). The number of hydrogen-bond donors (Lipinski definition) is 7. The molecule has 0 aromatic carbocycles. The lowest BCUT2D eigenvalue weighted by Crippen LogP contribution is -2.45. The largest absolute Gasteiger partial charge is 0.458 e. The number of esters is 2. The van der Waals surface area contributed by atoms with Crippen LogP contribution in [0.25, 0.3) is 0 Å². The zero-order chi connectivity index (χ0) is 73.2. The Bertz CT molecular complexity index is 2500. The summed E-state index contributed by atoms with van der Waals surface area (Å²) in [4.78, 5) is 27.9. The van der Waals surface area contributed by atoms with E-state index in [1.165, 1.54) is 12.2 Å². The molecule has 570 valence electrons. The SMILES string of the molecule is CO[C@H]1C[C@H](CC[C@H](C)[C@@H](O)[C@H](C)[C@H]2OC(=O)/C=C\C(C)=C/C[C@H](OC)C[C@@H]3C=CC[C@@H](C[C@H](OC)[C@H](C)[C@H](O)C[C@H](O)[C@H](C)[C@@H]([C@@H](C)[C@H](O)[C@@H](C)CC[C@H]4C[C@H](OC)C[C@H](C)O4)OC(=O)/C=C\C(C)=C/C[C@H](O)C[C@@H]4C=CC[C@@H](C[C@H](OC)[C@H](C)[C@H](O)C[C@H](O)[C@@H]2C)O4)O3)O[C@@H](C)C1. The Morgan fingerprint density at radius 2 is 0.828 bits per heavy atom. The van der Waals surface area contributed by atoms with Crippen LogP contribution in [0.5, 0.6) is 0 Å². The number of allylic oxidation sites excluding steroid dienone is 4. The number of hydrogen-bond acceptors (Lipinski definition) is 20. The monoisotopic (exact) mass is 1400 g/mol. The first-order chi connectivity index (χ1) is 47.0. The average molecular weight is 1400 g/mol. The summed E-state index contributed by atoms with van der Waals surface area (Å²) >= 11 is 0. The molecule has 7 N–H and O–H groups in total. The first kappa shape index (κ1) is 86.4.